The SMILES string of the molecule is COc1cc(N)ccc1NC(=O)CCOC(C)CC(C)C. The quantitative estimate of drug-likeness (QED) is 0.723. The summed E-state index contributed by atoms with van der Waals surface area (Å²) in [6, 6.07) is 5.13. The van der Waals surface area contributed by atoms with Crippen molar-refractivity contribution < 1.29 is 14.3 Å². The molecule has 3 N–H and O–H groups in total. The number of hydrogen-bond donors (Lipinski definition) is 2. The van der Waals surface area contributed by atoms with Gasteiger partial charge in [0.05, 0.1) is 31.9 Å². The zero-order valence-corrected chi connectivity index (χ0v) is 13.3. The van der Waals surface area contributed by atoms with Crippen LogP contribution in [-0.4, -0.2) is 25.7 Å². The minimum Gasteiger partial charge on any atom is -0.494 e. The van der Waals surface area contributed by atoms with Crippen molar-refractivity contribution in [2.24, 2.45) is 5.92 Å². The van der Waals surface area contributed by atoms with Gasteiger partial charge in [0, 0.05) is 11.8 Å². The molecule has 0 radical (unpaired) electrons. The van der Waals surface area contributed by atoms with Gasteiger partial charge >= 0.3 is 0 Å². The van der Waals surface area contributed by atoms with Crippen molar-refractivity contribution in [2.75, 3.05) is 24.8 Å². The number of anilines is 2. The lowest BCUT2D eigenvalue weighted by Gasteiger charge is -2.15. The highest BCUT2D eigenvalue weighted by atomic mass is 16.5. The van der Waals surface area contributed by atoms with Crippen LogP contribution >= 0.6 is 0 Å². The van der Waals surface area contributed by atoms with Crippen molar-refractivity contribution in [3.63, 3.8) is 0 Å². The van der Waals surface area contributed by atoms with E-state index < -0.39 is 0 Å². The van der Waals surface area contributed by atoms with Crippen LogP contribution in [0.5, 0.6) is 5.75 Å². The van der Waals surface area contributed by atoms with Crippen molar-refractivity contribution in [3.8, 4) is 5.75 Å². The van der Waals surface area contributed by atoms with Crippen molar-refractivity contribution in [1.29, 1.82) is 0 Å². The third-order valence-corrected chi connectivity index (χ3v) is 3.03. The van der Waals surface area contributed by atoms with Crippen molar-refractivity contribution >= 4 is 17.3 Å². The first kappa shape index (κ1) is 17.3. The molecule has 5 heteroatoms. The average Bonchev–Trinajstić information content (AvgIpc) is 2.39. The molecular weight excluding hydrogens is 268 g/mol. The fourth-order valence-corrected chi connectivity index (χ4v) is 2.11. The molecule has 1 atom stereocenters. The molecule has 0 spiro atoms. The Morgan fingerprint density at radius 2 is 2.05 bits per heavy atom. The van der Waals surface area contributed by atoms with E-state index in [9.17, 15) is 4.79 Å². The Morgan fingerprint density at radius 1 is 1.33 bits per heavy atom. The first-order valence-corrected chi connectivity index (χ1v) is 7.27. The van der Waals surface area contributed by atoms with Crippen molar-refractivity contribution in [1.82, 2.24) is 0 Å². The van der Waals surface area contributed by atoms with Gasteiger partial charge < -0.3 is 20.5 Å². The van der Waals surface area contributed by atoms with Crippen molar-refractivity contribution in [2.45, 2.75) is 39.7 Å². The number of nitrogen functional groups attached to an aromatic ring is 1. The zero-order chi connectivity index (χ0) is 15.8. The Bertz CT molecular complexity index is 461. The van der Waals surface area contributed by atoms with Gasteiger partial charge in [-0.3, -0.25) is 4.79 Å². The highest BCUT2D eigenvalue weighted by Gasteiger charge is 2.10. The Balaban J connectivity index is 2.40. The summed E-state index contributed by atoms with van der Waals surface area (Å²) in [5, 5.41) is 2.80. The fourth-order valence-electron chi connectivity index (χ4n) is 2.11. The van der Waals surface area contributed by atoms with Crippen LogP contribution in [0.2, 0.25) is 0 Å². The van der Waals surface area contributed by atoms with Gasteiger partial charge in [0.1, 0.15) is 5.75 Å². The molecule has 0 aliphatic rings. The molecule has 21 heavy (non-hydrogen) atoms. The summed E-state index contributed by atoms with van der Waals surface area (Å²) in [5.74, 6) is 1.04. The molecule has 1 unspecified atom stereocenters. The summed E-state index contributed by atoms with van der Waals surface area (Å²) in [6.07, 6.45) is 1.48. The fraction of sp³-hybridized carbons (Fsp3) is 0.562. The molecule has 1 amide bonds. The number of carbonyl (C=O) groups excluding carboxylic acids is 1. The van der Waals surface area contributed by atoms with Gasteiger partial charge in [0.2, 0.25) is 5.91 Å². The standard InChI is InChI=1S/C16H26N2O3/c1-11(2)9-12(3)21-8-7-16(19)18-14-6-5-13(17)10-15(14)20-4/h5-6,10-12H,7-9,17H2,1-4H3,(H,18,19). The average molecular weight is 294 g/mol. The van der Waals surface area contributed by atoms with Gasteiger partial charge in [-0.1, -0.05) is 13.8 Å². The van der Waals surface area contributed by atoms with Crippen LogP contribution < -0.4 is 15.8 Å². The summed E-state index contributed by atoms with van der Waals surface area (Å²) < 4.78 is 10.8. The molecule has 0 aliphatic heterocycles. The topological polar surface area (TPSA) is 73.6 Å². The molecule has 0 aromatic heterocycles. The van der Waals surface area contributed by atoms with E-state index >= 15 is 0 Å². The number of hydrogen-bond acceptors (Lipinski definition) is 4. The summed E-state index contributed by atoms with van der Waals surface area (Å²) in [4.78, 5) is 11.9. The summed E-state index contributed by atoms with van der Waals surface area (Å²) in [6.45, 7) is 6.75. The number of nitrogens with two attached hydrogens (primary N) is 1. The second kappa shape index (κ2) is 8.52. The molecule has 0 bridgehead atoms. The van der Waals surface area contributed by atoms with Crippen LogP contribution in [0.1, 0.15) is 33.6 Å². The van der Waals surface area contributed by atoms with Gasteiger partial charge in [-0.05, 0) is 31.4 Å². The first-order chi connectivity index (χ1) is 9.92. The molecule has 0 fully saturated rings. The molecule has 0 heterocycles. The molecule has 1 aromatic rings. The van der Waals surface area contributed by atoms with E-state index in [4.69, 9.17) is 15.2 Å². The van der Waals surface area contributed by atoms with E-state index in [0.717, 1.165) is 6.42 Å². The predicted octanol–water partition coefficient (Wildman–Crippen LogP) is 3.06. The summed E-state index contributed by atoms with van der Waals surface area (Å²) in [7, 11) is 1.54. The van der Waals surface area contributed by atoms with Crippen LogP contribution in [0, 0.1) is 5.92 Å². The second-order valence-corrected chi connectivity index (χ2v) is 5.57. The third kappa shape index (κ3) is 6.49. The number of ether oxygens (including phenoxy) is 2. The second-order valence-electron chi connectivity index (χ2n) is 5.57. The van der Waals surface area contributed by atoms with Crippen LogP contribution in [0.25, 0.3) is 0 Å². The normalized spacial score (nSPS) is 12.2. The molecule has 0 aliphatic carbocycles. The minimum absolute atomic E-state index is 0.102. The van der Waals surface area contributed by atoms with Crippen molar-refractivity contribution in [3.05, 3.63) is 18.2 Å². The number of methoxy groups -OCH3 is 1. The summed E-state index contributed by atoms with van der Waals surface area (Å²) in [5.41, 5.74) is 6.89. The maximum absolute atomic E-state index is 11.9. The molecule has 5 nitrogen and oxygen atoms in total. The molecule has 0 saturated carbocycles. The number of benzene rings is 1. The first-order valence-electron chi connectivity index (χ1n) is 7.27. The monoisotopic (exact) mass is 294 g/mol. The van der Waals surface area contributed by atoms with Crippen LogP contribution in [0.4, 0.5) is 11.4 Å². The Morgan fingerprint density at radius 3 is 2.67 bits per heavy atom. The van der Waals surface area contributed by atoms with Crippen LogP contribution in [0.15, 0.2) is 18.2 Å². The number of nitrogens with one attached hydrogen (secondary N) is 1. The number of amides is 1. The maximum atomic E-state index is 11.9. The molecule has 1 aromatic carbocycles. The lowest BCUT2D eigenvalue weighted by Crippen LogP contribution is -2.18. The largest absolute Gasteiger partial charge is 0.494 e. The van der Waals surface area contributed by atoms with E-state index in [2.05, 4.69) is 19.2 Å². The zero-order valence-electron chi connectivity index (χ0n) is 13.3. The van der Waals surface area contributed by atoms with Crippen LogP contribution in [0.3, 0.4) is 0 Å². The van der Waals surface area contributed by atoms with Gasteiger partial charge in [0.15, 0.2) is 0 Å². The number of rotatable bonds is 8. The minimum atomic E-state index is -0.102. The van der Waals surface area contributed by atoms with E-state index in [-0.39, 0.29) is 12.0 Å². The predicted molar refractivity (Wildman–Crippen MR) is 85.5 cm³/mol. The van der Waals surface area contributed by atoms with E-state index in [1.165, 1.54) is 0 Å². The van der Waals surface area contributed by atoms with E-state index in [0.29, 0.717) is 36.1 Å². The van der Waals surface area contributed by atoms with E-state index in [1.807, 2.05) is 6.92 Å². The van der Waals surface area contributed by atoms with Gasteiger partial charge in [-0.25, -0.2) is 0 Å². The third-order valence-electron chi connectivity index (χ3n) is 3.03. The van der Waals surface area contributed by atoms with Gasteiger partial charge in [-0.15, -0.1) is 0 Å². The molecule has 1 rings (SSSR count). The van der Waals surface area contributed by atoms with E-state index in [1.54, 1.807) is 25.3 Å². The maximum Gasteiger partial charge on any atom is 0.226 e. The molecular formula is C16H26N2O3. The van der Waals surface area contributed by atoms with Gasteiger partial charge in [-0.2, -0.15) is 0 Å². The molecule has 0 saturated heterocycles. The Kier molecular flexibility index (Phi) is 7.02. The lowest BCUT2D eigenvalue weighted by molar-refractivity contribution is -0.117. The van der Waals surface area contributed by atoms with Crippen LogP contribution in [-0.2, 0) is 9.53 Å². The highest BCUT2D eigenvalue weighted by molar-refractivity contribution is 5.92. The number of carbonyl (C=O) groups is 1. The lowest BCUT2D eigenvalue weighted by atomic mass is 10.1. The highest BCUT2D eigenvalue weighted by Crippen LogP contribution is 2.26. The van der Waals surface area contributed by atoms with Gasteiger partial charge in [0.25, 0.3) is 0 Å². The summed E-state index contributed by atoms with van der Waals surface area (Å²) >= 11 is 0. The molecule has 118 valence electrons. The Labute approximate surface area is 126 Å². The smallest absolute Gasteiger partial charge is 0.226 e. The Hall–Kier alpha value is -1.75.